The lowest BCUT2D eigenvalue weighted by Crippen LogP contribution is -2.49. The number of fused-ring (bicyclic) bond motifs is 1. The maximum Gasteiger partial charge on any atom is 0.416 e. The molecule has 0 radical (unpaired) electrons. The van der Waals surface area contributed by atoms with Crippen LogP contribution < -0.4 is 5.43 Å². The fourth-order valence-electron chi connectivity index (χ4n) is 4.11. The molecular formula is C27H15F5N4O. The van der Waals surface area contributed by atoms with Gasteiger partial charge in [0, 0.05) is 23.3 Å². The van der Waals surface area contributed by atoms with Gasteiger partial charge in [0.25, 0.3) is 0 Å². The second kappa shape index (κ2) is 9.02. The molecule has 3 aromatic rings. The Hall–Kier alpha value is -4.78. The summed E-state index contributed by atoms with van der Waals surface area (Å²) >= 11 is 0. The number of amidine groups is 1. The number of rotatable bonds is 3. The Morgan fingerprint density at radius 1 is 0.946 bits per heavy atom. The summed E-state index contributed by atoms with van der Waals surface area (Å²) in [5, 5.41) is 10.3. The summed E-state index contributed by atoms with van der Waals surface area (Å²) in [6.45, 7) is -0.128. The standard InChI is InChI=1S/C27H15F5N4O/c28-19-9-10-20(22(29)11-19)25-21(16-5-7-18(8-6-16)27(30,31)32)14-34-26-24(37)12-23(35-36(25)26)17-3-1-15(13-33)2-4-17/h1-12,35H,14H2. The van der Waals surface area contributed by atoms with Crippen LogP contribution in [0.3, 0.4) is 0 Å². The number of nitrogens with one attached hydrogen (secondary N) is 1. The number of hydrogen-bond donors (Lipinski definition) is 1. The SMILES string of the molecule is N#Cc1ccc(C2=CC(=O)C3=NCC(c4ccc(C(F)(F)F)cc4)=C(c4ccc(F)cc4F)N3N2)cc1. The van der Waals surface area contributed by atoms with Crippen LogP contribution in [0.5, 0.6) is 0 Å². The summed E-state index contributed by atoms with van der Waals surface area (Å²) in [4.78, 5) is 17.3. The quantitative estimate of drug-likeness (QED) is 0.472. The number of ketones is 1. The van der Waals surface area contributed by atoms with Gasteiger partial charge in [-0.2, -0.15) is 18.4 Å². The van der Waals surface area contributed by atoms with E-state index in [1.807, 2.05) is 6.07 Å². The molecule has 0 aliphatic carbocycles. The third-order valence-corrected chi connectivity index (χ3v) is 5.91. The summed E-state index contributed by atoms with van der Waals surface area (Å²) in [6.07, 6.45) is -3.24. The van der Waals surface area contributed by atoms with Gasteiger partial charge in [-0.15, -0.1) is 0 Å². The fourth-order valence-corrected chi connectivity index (χ4v) is 4.11. The lowest BCUT2D eigenvalue weighted by atomic mass is 9.95. The molecule has 3 aromatic carbocycles. The summed E-state index contributed by atoms with van der Waals surface area (Å²) in [6, 6.07) is 15.6. The van der Waals surface area contributed by atoms with E-state index in [9.17, 15) is 22.4 Å². The van der Waals surface area contributed by atoms with Gasteiger partial charge in [0.2, 0.25) is 5.78 Å². The van der Waals surface area contributed by atoms with Crippen LogP contribution in [0, 0.1) is 23.0 Å². The number of benzene rings is 3. The Balaban J connectivity index is 1.65. The molecule has 0 fully saturated rings. The van der Waals surface area contributed by atoms with Gasteiger partial charge in [-0.1, -0.05) is 24.3 Å². The van der Waals surface area contributed by atoms with Crippen LogP contribution in [0.4, 0.5) is 22.0 Å². The summed E-state index contributed by atoms with van der Waals surface area (Å²) in [5.74, 6) is -2.30. The van der Waals surface area contributed by atoms with Crippen LogP contribution in [0.1, 0.15) is 27.8 Å². The zero-order valence-electron chi connectivity index (χ0n) is 18.8. The van der Waals surface area contributed by atoms with Gasteiger partial charge >= 0.3 is 6.18 Å². The fraction of sp³-hybridized carbons (Fsp3) is 0.0741. The summed E-state index contributed by atoms with van der Waals surface area (Å²) < 4.78 is 68.1. The molecule has 184 valence electrons. The predicted octanol–water partition coefficient (Wildman–Crippen LogP) is 5.57. The van der Waals surface area contributed by atoms with E-state index in [-0.39, 0.29) is 23.6 Å². The van der Waals surface area contributed by atoms with Gasteiger partial charge in [-0.25, -0.2) is 13.8 Å². The Bertz CT molecular complexity index is 1550. The molecule has 0 saturated carbocycles. The molecule has 10 heteroatoms. The second-order valence-electron chi connectivity index (χ2n) is 8.22. The van der Waals surface area contributed by atoms with Gasteiger partial charge in [-0.3, -0.25) is 15.2 Å². The average Bonchev–Trinajstić information content (AvgIpc) is 2.88. The lowest BCUT2D eigenvalue weighted by molar-refractivity contribution is -0.137. The van der Waals surface area contributed by atoms with Crippen molar-refractivity contribution in [3.63, 3.8) is 0 Å². The minimum Gasteiger partial charge on any atom is -0.292 e. The minimum atomic E-state index is -4.54. The van der Waals surface area contributed by atoms with Crippen molar-refractivity contribution in [2.24, 2.45) is 4.99 Å². The highest BCUT2D eigenvalue weighted by Crippen LogP contribution is 2.37. The van der Waals surface area contributed by atoms with E-state index in [1.54, 1.807) is 24.3 Å². The predicted molar refractivity (Wildman–Crippen MR) is 126 cm³/mol. The highest BCUT2D eigenvalue weighted by Gasteiger charge is 2.35. The number of hydrogen-bond acceptors (Lipinski definition) is 5. The molecule has 0 bridgehead atoms. The molecule has 2 aliphatic rings. The first kappa shape index (κ1) is 23.9. The topological polar surface area (TPSA) is 68.5 Å². The molecule has 37 heavy (non-hydrogen) atoms. The van der Waals surface area contributed by atoms with Gasteiger partial charge in [0.05, 0.1) is 35.1 Å². The molecule has 1 N–H and O–H groups in total. The van der Waals surface area contributed by atoms with Crippen LogP contribution in [-0.4, -0.2) is 23.2 Å². The van der Waals surface area contributed by atoms with Crippen molar-refractivity contribution in [1.29, 1.82) is 5.26 Å². The van der Waals surface area contributed by atoms with E-state index in [1.165, 1.54) is 29.3 Å². The molecule has 5 rings (SSSR count). The van der Waals surface area contributed by atoms with E-state index in [0.29, 0.717) is 34.0 Å². The van der Waals surface area contributed by atoms with Crippen molar-refractivity contribution in [3.8, 4) is 6.07 Å². The van der Waals surface area contributed by atoms with Crippen LogP contribution in [0.15, 0.2) is 77.8 Å². The van der Waals surface area contributed by atoms with Crippen LogP contribution >= 0.6 is 0 Å². The van der Waals surface area contributed by atoms with Gasteiger partial charge in [-0.05, 0) is 47.5 Å². The number of aliphatic imine (C=N–C) groups is 1. The number of halogens is 5. The Kier molecular flexibility index (Phi) is 5.84. The molecule has 2 aliphatic heterocycles. The Labute approximate surface area is 207 Å². The van der Waals surface area contributed by atoms with E-state index in [4.69, 9.17) is 5.26 Å². The number of nitriles is 1. The first-order valence-electron chi connectivity index (χ1n) is 10.9. The number of alkyl halides is 3. The molecule has 0 aromatic heterocycles. The van der Waals surface area contributed by atoms with Gasteiger partial charge < -0.3 is 0 Å². The van der Waals surface area contributed by atoms with E-state index in [0.717, 1.165) is 18.2 Å². The Morgan fingerprint density at radius 3 is 2.24 bits per heavy atom. The molecule has 0 amide bonds. The monoisotopic (exact) mass is 506 g/mol. The molecule has 0 atom stereocenters. The van der Waals surface area contributed by atoms with Gasteiger partial charge in [0.15, 0.2) is 5.84 Å². The number of nitrogens with zero attached hydrogens (tertiary/aromatic N) is 3. The first-order valence-corrected chi connectivity index (χ1v) is 10.9. The molecule has 0 saturated heterocycles. The summed E-state index contributed by atoms with van der Waals surface area (Å²) in [5.41, 5.74) is 4.12. The van der Waals surface area contributed by atoms with Gasteiger partial charge in [0.1, 0.15) is 11.6 Å². The number of carbonyl (C=O) groups is 1. The molecular weight excluding hydrogens is 491 g/mol. The third-order valence-electron chi connectivity index (χ3n) is 5.91. The summed E-state index contributed by atoms with van der Waals surface area (Å²) in [7, 11) is 0. The molecule has 0 unspecified atom stereocenters. The average molecular weight is 506 g/mol. The zero-order valence-corrected chi connectivity index (χ0v) is 18.8. The largest absolute Gasteiger partial charge is 0.416 e. The maximum absolute atomic E-state index is 15.1. The van der Waals surface area contributed by atoms with E-state index < -0.39 is 29.2 Å². The third kappa shape index (κ3) is 4.47. The molecule has 2 heterocycles. The zero-order chi connectivity index (χ0) is 26.3. The van der Waals surface area contributed by atoms with Crippen molar-refractivity contribution >= 4 is 28.6 Å². The molecule has 5 nitrogen and oxygen atoms in total. The lowest BCUT2D eigenvalue weighted by Gasteiger charge is -2.37. The smallest absolute Gasteiger partial charge is 0.292 e. The number of carbonyl (C=O) groups excluding carboxylic acids is 1. The molecule has 0 spiro atoms. The Morgan fingerprint density at radius 2 is 1.62 bits per heavy atom. The second-order valence-corrected chi connectivity index (χ2v) is 8.22. The number of hydrazine groups is 1. The van der Waals surface area contributed by atoms with Crippen molar-refractivity contribution in [3.05, 3.63) is 112 Å². The van der Waals surface area contributed by atoms with E-state index in [2.05, 4.69) is 10.4 Å². The van der Waals surface area contributed by atoms with Crippen LogP contribution in [0.2, 0.25) is 0 Å². The van der Waals surface area contributed by atoms with Crippen molar-refractivity contribution in [2.45, 2.75) is 6.18 Å². The van der Waals surface area contributed by atoms with Crippen molar-refractivity contribution in [1.82, 2.24) is 10.4 Å². The first-order chi connectivity index (χ1) is 17.7. The highest BCUT2D eigenvalue weighted by molar-refractivity contribution is 6.46. The van der Waals surface area contributed by atoms with Crippen LogP contribution in [-0.2, 0) is 11.0 Å². The van der Waals surface area contributed by atoms with Crippen molar-refractivity contribution in [2.75, 3.05) is 6.54 Å². The van der Waals surface area contributed by atoms with Crippen molar-refractivity contribution < 1.29 is 26.7 Å². The van der Waals surface area contributed by atoms with E-state index >= 15 is 4.39 Å². The normalized spacial score (nSPS) is 15.5. The van der Waals surface area contributed by atoms with Crippen LogP contribution in [0.25, 0.3) is 17.0 Å². The maximum atomic E-state index is 15.1. The minimum absolute atomic E-state index is 0.0632. The highest BCUT2D eigenvalue weighted by atomic mass is 19.4.